The maximum Gasteiger partial charge on any atom is 0.280 e. The zero-order chi connectivity index (χ0) is 16.2. The van der Waals surface area contributed by atoms with Crippen LogP contribution in [0.1, 0.15) is 50.2 Å². The first kappa shape index (κ1) is 17.6. The Labute approximate surface area is 123 Å². The van der Waals surface area contributed by atoms with Crippen LogP contribution in [0.5, 0.6) is 0 Å². The van der Waals surface area contributed by atoms with Crippen LogP contribution in [0, 0.1) is 11.8 Å². The summed E-state index contributed by atoms with van der Waals surface area (Å²) in [6.07, 6.45) is -1.59. The van der Waals surface area contributed by atoms with Gasteiger partial charge in [-0.25, -0.2) is 8.78 Å². The summed E-state index contributed by atoms with van der Waals surface area (Å²) < 4.78 is 27.6. The zero-order valence-electron chi connectivity index (χ0n) is 12.8. The summed E-state index contributed by atoms with van der Waals surface area (Å²) in [5.74, 6) is -0.602. The molecule has 0 aliphatic heterocycles. The molecule has 1 amide bonds. The second-order valence-electron chi connectivity index (χ2n) is 5.74. The number of nitrogens with zero attached hydrogens (tertiary/aromatic N) is 2. The predicted octanol–water partition coefficient (Wildman–Crippen LogP) is 2.22. The van der Waals surface area contributed by atoms with Gasteiger partial charge in [0.1, 0.15) is 5.69 Å². The lowest BCUT2D eigenvalue weighted by molar-refractivity contribution is 0.0898. The number of rotatable bonds is 7. The molecule has 0 spiro atoms. The van der Waals surface area contributed by atoms with Crippen molar-refractivity contribution in [2.24, 2.45) is 11.8 Å². The molecule has 0 aliphatic rings. The summed E-state index contributed by atoms with van der Waals surface area (Å²) in [4.78, 5) is 12.1. The molecule has 1 aromatic heterocycles. The van der Waals surface area contributed by atoms with Gasteiger partial charge in [0.05, 0.1) is 11.8 Å². The average molecular weight is 303 g/mol. The van der Waals surface area contributed by atoms with Crippen LogP contribution in [0.2, 0.25) is 0 Å². The third-order valence-electron chi connectivity index (χ3n) is 3.37. The molecule has 2 atom stereocenters. The Kier molecular flexibility index (Phi) is 6.26. The fourth-order valence-corrected chi connectivity index (χ4v) is 1.88. The van der Waals surface area contributed by atoms with Crippen LogP contribution in [-0.4, -0.2) is 33.4 Å². The maximum absolute atomic E-state index is 13.2. The number of halogens is 2. The van der Waals surface area contributed by atoms with E-state index in [0.717, 1.165) is 0 Å². The van der Waals surface area contributed by atoms with E-state index in [1.54, 1.807) is 13.8 Å². The quantitative estimate of drug-likeness (QED) is 0.811. The lowest BCUT2D eigenvalue weighted by Gasteiger charge is -2.19. The topological polar surface area (TPSA) is 67.2 Å². The van der Waals surface area contributed by atoms with Gasteiger partial charge < -0.3 is 10.4 Å². The predicted molar refractivity (Wildman–Crippen MR) is 75.2 cm³/mol. The molecule has 0 saturated heterocycles. The fourth-order valence-electron chi connectivity index (χ4n) is 1.88. The molecule has 0 radical (unpaired) electrons. The van der Waals surface area contributed by atoms with Crippen LogP contribution in [0.4, 0.5) is 8.78 Å². The molecule has 0 aromatic carbocycles. The molecule has 5 nitrogen and oxygen atoms in total. The monoisotopic (exact) mass is 303 g/mol. The van der Waals surface area contributed by atoms with Crippen molar-refractivity contribution in [3.8, 4) is 0 Å². The van der Waals surface area contributed by atoms with Gasteiger partial charge in [-0.15, -0.1) is 0 Å². The number of hydrogen-bond donors (Lipinski definition) is 2. The summed E-state index contributed by atoms with van der Waals surface area (Å²) in [7, 11) is 0. The number of amides is 1. The highest BCUT2D eigenvalue weighted by molar-refractivity contribution is 5.95. The molecule has 2 N–H and O–H groups in total. The number of aliphatic hydroxyl groups is 1. The zero-order valence-corrected chi connectivity index (χ0v) is 12.8. The van der Waals surface area contributed by atoms with Crippen molar-refractivity contribution in [3.05, 3.63) is 17.5 Å². The van der Waals surface area contributed by atoms with Crippen molar-refractivity contribution in [1.82, 2.24) is 15.1 Å². The highest BCUT2D eigenvalue weighted by Gasteiger charge is 2.26. The van der Waals surface area contributed by atoms with Gasteiger partial charge in [-0.05, 0) is 18.8 Å². The molecule has 120 valence electrons. The molecule has 0 aliphatic carbocycles. The van der Waals surface area contributed by atoms with Gasteiger partial charge in [0.2, 0.25) is 0 Å². The van der Waals surface area contributed by atoms with Gasteiger partial charge in [-0.2, -0.15) is 5.10 Å². The molecule has 0 bridgehead atoms. The van der Waals surface area contributed by atoms with Gasteiger partial charge in [-0.1, -0.05) is 20.8 Å². The Morgan fingerprint density at radius 2 is 2.00 bits per heavy atom. The van der Waals surface area contributed by atoms with Crippen LogP contribution in [0.15, 0.2) is 6.20 Å². The number of alkyl halides is 2. The SMILES string of the molecule is CC(C)Cn1ncc(C(=O)NC(C)C(C)CO)c1C(F)F. The first-order valence-electron chi connectivity index (χ1n) is 7.03. The molecular formula is C14H23F2N3O2. The second-order valence-corrected chi connectivity index (χ2v) is 5.74. The van der Waals surface area contributed by atoms with Crippen LogP contribution >= 0.6 is 0 Å². The number of aliphatic hydroxyl groups excluding tert-OH is 1. The molecule has 2 unspecified atom stereocenters. The van der Waals surface area contributed by atoms with Gasteiger partial charge in [-0.3, -0.25) is 9.48 Å². The molecule has 21 heavy (non-hydrogen) atoms. The van der Waals surface area contributed by atoms with E-state index in [1.807, 2.05) is 13.8 Å². The van der Waals surface area contributed by atoms with E-state index < -0.39 is 12.3 Å². The van der Waals surface area contributed by atoms with Crippen molar-refractivity contribution < 1.29 is 18.7 Å². The summed E-state index contributed by atoms with van der Waals surface area (Å²) in [6, 6.07) is -0.318. The van der Waals surface area contributed by atoms with Gasteiger partial charge in [0.25, 0.3) is 12.3 Å². The summed E-state index contributed by atoms with van der Waals surface area (Å²) in [6.45, 7) is 7.51. The maximum atomic E-state index is 13.2. The molecule has 1 aromatic rings. The van der Waals surface area contributed by atoms with E-state index in [4.69, 9.17) is 5.11 Å². The lowest BCUT2D eigenvalue weighted by Crippen LogP contribution is -2.38. The number of carbonyl (C=O) groups excluding carboxylic acids is 1. The van der Waals surface area contributed by atoms with Gasteiger partial charge >= 0.3 is 0 Å². The van der Waals surface area contributed by atoms with Gasteiger partial charge in [0.15, 0.2) is 0 Å². The normalized spacial score (nSPS) is 14.5. The van der Waals surface area contributed by atoms with E-state index in [1.165, 1.54) is 10.9 Å². The highest BCUT2D eigenvalue weighted by atomic mass is 19.3. The Hall–Kier alpha value is -1.50. The van der Waals surface area contributed by atoms with E-state index in [9.17, 15) is 13.6 Å². The Bertz CT molecular complexity index is 475. The van der Waals surface area contributed by atoms with E-state index in [0.29, 0.717) is 6.54 Å². The molecular weight excluding hydrogens is 280 g/mol. The minimum atomic E-state index is -2.77. The molecule has 1 rings (SSSR count). The van der Waals surface area contributed by atoms with Crippen molar-refractivity contribution in [2.45, 2.75) is 46.7 Å². The van der Waals surface area contributed by atoms with Gasteiger partial charge in [0, 0.05) is 19.2 Å². The minimum Gasteiger partial charge on any atom is -0.396 e. The smallest absolute Gasteiger partial charge is 0.280 e. The first-order chi connectivity index (χ1) is 9.77. The summed E-state index contributed by atoms with van der Waals surface area (Å²) >= 11 is 0. The number of hydrogen-bond acceptors (Lipinski definition) is 3. The lowest BCUT2D eigenvalue weighted by atomic mass is 10.0. The molecule has 7 heteroatoms. The van der Waals surface area contributed by atoms with Crippen LogP contribution in [-0.2, 0) is 6.54 Å². The fraction of sp³-hybridized carbons (Fsp3) is 0.714. The average Bonchev–Trinajstić information content (AvgIpc) is 2.80. The van der Waals surface area contributed by atoms with Crippen molar-refractivity contribution in [3.63, 3.8) is 0 Å². The minimum absolute atomic E-state index is 0.0875. The largest absolute Gasteiger partial charge is 0.396 e. The van der Waals surface area contributed by atoms with E-state index >= 15 is 0 Å². The Morgan fingerprint density at radius 1 is 1.38 bits per heavy atom. The number of aromatic nitrogens is 2. The Balaban J connectivity index is 2.96. The number of carbonyl (C=O) groups is 1. The van der Waals surface area contributed by atoms with Crippen LogP contribution in [0.25, 0.3) is 0 Å². The van der Waals surface area contributed by atoms with E-state index in [-0.39, 0.29) is 35.7 Å². The first-order valence-corrected chi connectivity index (χ1v) is 7.03. The van der Waals surface area contributed by atoms with Crippen molar-refractivity contribution >= 4 is 5.91 Å². The molecule has 0 fully saturated rings. The standard InChI is InChI=1S/C14H23F2N3O2/c1-8(2)6-19-12(13(15)16)11(5-17-19)14(21)18-10(4)9(3)7-20/h5,8-10,13,20H,6-7H2,1-4H3,(H,18,21). The van der Waals surface area contributed by atoms with Crippen LogP contribution in [0.3, 0.4) is 0 Å². The highest BCUT2D eigenvalue weighted by Crippen LogP contribution is 2.24. The second kappa shape index (κ2) is 7.49. The van der Waals surface area contributed by atoms with Crippen molar-refractivity contribution in [2.75, 3.05) is 6.61 Å². The molecule has 1 heterocycles. The summed E-state index contributed by atoms with van der Waals surface area (Å²) in [5.41, 5.74) is -0.465. The number of nitrogens with one attached hydrogen (secondary N) is 1. The van der Waals surface area contributed by atoms with Crippen molar-refractivity contribution in [1.29, 1.82) is 0 Å². The molecule has 0 saturated carbocycles. The van der Waals surface area contributed by atoms with Crippen LogP contribution < -0.4 is 5.32 Å². The Morgan fingerprint density at radius 3 is 2.48 bits per heavy atom. The van der Waals surface area contributed by atoms with E-state index in [2.05, 4.69) is 10.4 Å². The third kappa shape index (κ3) is 4.49. The summed E-state index contributed by atoms with van der Waals surface area (Å²) in [5, 5.41) is 15.6. The third-order valence-corrected chi connectivity index (χ3v) is 3.37.